The molecule has 5 aromatic carbocycles. The van der Waals surface area contributed by atoms with Crippen molar-refractivity contribution >= 4 is 15.9 Å². The summed E-state index contributed by atoms with van der Waals surface area (Å²) in [5.41, 5.74) is 10.1. The molecule has 0 aromatic heterocycles. The summed E-state index contributed by atoms with van der Waals surface area (Å²) >= 11 is 3.54. The first kappa shape index (κ1) is 19.3. The average molecular weight is 473 g/mol. The Labute approximate surface area is 197 Å². The highest BCUT2D eigenvalue weighted by Crippen LogP contribution is 2.55. The van der Waals surface area contributed by atoms with E-state index in [1.165, 1.54) is 44.5 Å². The van der Waals surface area contributed by atoms with Crippen LogP contribution in [0.1, 0.15) is 22.3 Å². The lowest BCUT2D eigenvalue weighted by molar-refractivity contribution is 0.768. The normalized spacial score (nSPS) is 13.4. The first-order chi connectivity index (χ1) is 15.8. The van der Waals surface area contributed by atoms with Gasteiger partial charge in [-0.2, -0.15) is 0 Å². The van der Waals surface area contributed by atoms with E-state index in [1.54, 1.807) is 0 Å². The highest BCUT2D eigenvalue weighted by Gasteiger charge is 2.45. The molecule has 0 saturated carbocycles. The van der Waals surface area contributed by atoms with Crippen molar-refractivity contribution in [3.8, 4) is 22.3 Å². The van der Waals surface area contributed by atoms with Gasteiger partial charge in [0.1, 0.15) is 0 Å². The lowest BCUT2D eigenvalue weighted by atomic mass is 9.67. The first-order valence-corrected chi connectivity index (χ1v) is 11.7. The van der Waals surface area contributed by atoms with E-state index in [0.29, 0.717) is 0 Å². The third-order valence-corrected chi connectivity index (χ3v) is 7.18. The Morgan fingerprint density at radius 1 is 0.406 bits per heavy atom. The van der Waals surface area contributed by atoms with Crippen LogP contribution in [0.25, 0.3) is 22.3 Å². The van der Waals surface area contributed by atoms with E-state index < -0.39 is 0 Å². The standard InChI is InChI=1S/C31H21Br/c32-26-20-16-23(17-21-26)22-14-18-25(19-15-22)31(24-8-2-1-3-9-24)29-12-6-4-10-27(29)28-11-5-7-13-30(28)31/h1-21H. The van der Waals surface area contributed by atoms with Crippen LogP contribution in [0, 0.1) is 0 Å². The summed E-state index contributed by atoms with van der Waals surface area (Å²) in [6.07, 6.45) is 0. The van der Waals surface area contributed by atoms with Crippen LogP contribution in [0.4, 0.5) is 0 Å². The first-order valence-electron chi connectivity index (χ1n) is 10.9. The van der Waals surface area contributed by atoms with Crippen molar-refractivity contribution in [1.82, 2.24) is 0 Å². The molecule has 152 valence electrons. The minimum atomic E-state index is -0.327. The number of rotatable bonds is 3. The van der Waals surface area contributed by atoms with Gasteiger partial charge in [0.15, 0.2) is 0 Å². The second-order valence-electron chi connectivity index (χ2n) is 8.29. The van der Waals surface area contributed by atoms with E-state index in [0.717, 1.165) is 4.47 Å². The van der Waals surface area contributed by atoms with E-state index in [1.807, 2.05) is 0 Å². The maximum Gasteiger partial charge on any atom is 0.0713 e. The number of halogens is 1. The largest absolute Gasteiger partial charge is 0.0713 e. The van der Waals surface area contributed by atoms with Gasteiger partial charge >= 0.3 is 0 Å². The van der Waals surface area contributed by atoms with Crippen LogP contribution < -0.4 is 0 Å². The molecule has 0 saturated heterocycles. The molecule has 0 heterocycles. The van der Waals surface area contributed by atoms with Gasteiger partial charge in [0, 0.05) is 4.47 Å². The Bertz CT molecular complexity index is 1350. The molecule has 0 radical (unpaired) electrons. The summed E-state index contributed by atoms with van der Waals surface area (Å²) in [5, 5.41) is 0. The topological polar surface area (TPSA) is 0 Å². The van der Waals surface area contributed by atoms with E-state index >= 15 is 0 Å². The van der Waals surface area contributed by atoms with E-state index in [4.69, 9.17) is 0 Å². The fourth-order valence-electron chi connectivity index (χ4n) is 5.27. The van der Waals surface area contributed by atoms with Gasteiger partial charge in [-0.3, -0.25) is 0 Å². The summed E-state index contributed by atoms with van der Waals surface area (Å²) < 4.78 is 1.10. The van der Waals surface area contributed by atoms with Crippen molar-refractivity contribution in [3.05, 3.63) is 154 Å². The molecule has 6 rings (SSSR count). The Balaban J connectivity index is 1.62. The van der Waals surface area contributed by atoms with Crippen LogP contribution in [0.2, 0.25) is 0 Å². The minimum absolute atomic E-state index is 0.327. The van der Waals surface area contributed by atoms with Gasteiger partial charge in [0.05, 0.1) is 5.41 Å². The molecule has 0 amide bonds. The highest BCUT2D eigenvalue weighted by atomic mass is 79.9. The lowest BCUT2D eigenvalue weighted by Crippen LogP contribution is -2.28. The molecule has 0 spiro atoms. The fraction of sp³-hybridized carbons (Fsp3) is 0.0323. The zero-order valence-corrected chi connectivity index (χ0v) is 19.1. The Kier molecular flexibility index (Phi) is 4.59. The van der Waals surface area contributed by atoms with Crippen molar-refractivity contribution in [3.63, 3.8) is 0 Å². The number of hydrogen-bond acceptors (Lipinski definition) is 0. The quantitative estimate of drug-likeness (QED) is 0.242. The summed E-state index contributed by atoms with van der Waals surface area (Å²) in [4.78, 5) is 0. The van der Waals surface area contributed by atoms with Gasteiger partial charge in [-0.25, -0.2) is 0 Å². The molecule has 32 heavy (non-hydrogen) atoms. The maximum atomic E-state index is 3.54. The van der Waals surface area contributed by atoms with Gasteiger partial charge in [-0.05, 0) is 56.6 Å². The Hall–Kier alpha value is -3.42. The fourth-order valence-corrected chi connectivity index (χ4v) is 5.53. The van der Waals surface area contributed by atoms with Gasteiger partial charge in [0.25, 0.3) is 0 Å². The molecule has 0 bridgehead atoms. The predicted molar refractivity (Wildman–Crippen MR) is 137 cm³/mol. The second kappa shape index (κ2) is 7.62. The van der Waals surface area contributed by atoms with Crippen molar-refractivity contribution in [2.45, 2.75) is 5.41 Å². The van der Waals surface area contributed by atoms with Gasteiger partial charge in [0.2, 0.25) is 0 Å². The molecule has 5 aromatic rings. The van der Waals surface area contributed by atoms with Crippen LogP contribution in [0.3, 0.4) is 0 Å². The van der Waals surface area contributed by atoms with Gasteiger partial charge < -0.3 is 0 Å². The van der Waals surface area contributed by atoms with Crippen LogP contribution in [0.15, 0.2) is 132 Å². The van der Waals surface area contributed by atoms with E-state index in [2.05, 4.69) is 143 Å². The van der Waals surface area contributed by atoms with Crippen molar-refractivity contribution in [1.29, 1.82) is 0 Å². The summed E-state index contributed by atoms with van der Waals surface area (Å²) in [6.45, 7) is 0. The average Bonchev–Trinajstić information content (AvgIpc) is 3.17. The summed E-state index contributed by atoms with van der Waals surface area (Å²) in [7, 11) is 0. The Morgan fingerprint density at radius 2 is 0.844 bits per heavy atom. The highest BCUT2D eigenvalue weighted by molar-refractivity contribution is 9.10. The summed E-state index contributed by atoms with van der Waals surface area (Å²) in [5.74, 6) is 0. The molecule has 1 heteroatoms. The zero-order valence-electron chi connectivity index (χ0n) is 17.5. The van der Waals surface area contributed by atoms with E-state index in [9.17, 15) is 0 Å². The predicted octanol–water partition coefficient (Wildman–Crippen LogP) is 8.48. The molecule has 0 fully saturated rings. The molecule has 0 nitrogen and oxygen atoms in total. The van der Waals surface area contributed by atoms with Gasteiger partial charge in [-0.1, -0.05) is 131 Å². The molecular weight excluding hydrogens is 452 g/mol. The van der Waals surface area contributed by atoms with Crippen LogP contribution in [-0.2, 0) is 5.41 Å². The van der Waals surface area contributed by atoms with Crippen LogP contribution >= 0.6 is 15.9 Å². The van der Waals surface area contributed by atoms with Gasteiger partial charge in [-0.15, -0.1) is 0 Å². The van der Waals surface area contributed by atoms with Crippen LogP contribution in [-0.4, -0.2) is 0 Å². The third kappa shape index (κ3) is 2.82. The molecule has 1 aliphatic rings. The molecule has 0 unspecified atom stereocenters. The SMILES string of the molecule is Brc1ccc(-c2ccc(C3(c4ccccc4)c4ccccc4-c4ccccc43)cc2)cc1. The lowest BCUT2D eigenvalue weighted by Gasteiger charge is -2.34. The van der Waals surface area contributed by atoms with Crippen molar-refractivity contribution in [2.75, 3.05) is 0 Å². The van der Waals surface area contributed by atoms with Crippen molar-refractivity contribution in [2.24, 2.45) is 0 Å². The second-order valence-corrected chi connectivity index (χ2v) is 9.21. The van der Waals surface area contributed by atoms with Crippen LogP contribution in [0.5, 0.6) is 0 Å². The molecule has 0 atom stereocenters. The number of fused-ring (bicyclic) bond motifs is 3. The number of benzene rings is 5. The third-order valence-electron chi connectivity index (χ3n) is 6.65. The molecule has 0 aliphatic heterocycles. The van der Waals surface area contributed by atoms with E-state index in [-0.39, 0.29) is 5.41 Å². The smallest absolute Gasteiger partial charge is 0.0622 e. The Morgan fingerprint density at radius 3 is 1.41 bits per heavy atom. The summed E-state index contributed by atoms with van der Waals surface area (Å²) in [6, 6.07) is 46.3. The minimum Gasteiger partial charge on any atom is -0.0622 e. The monoisotopic (exact) mass is 472 g/mol. The zero-order chi connectivity index (χ0) is 21.5. The molecule has 1 aliphatic carbocycles. The van der Waals surface area contributed by atoms with Crippen molar-refractivity contribution < 1.29 is 0 Å². The number of hydrogen-bond donors (Lipinski definition) is 0. The maximum absolute atomic E-state index is 3.54. The molecular formula is C31H21Br. The molecule has 0 N–H and O–H groups in total.